The molecule has 0 radical (unpaired) electrons. The normalized spacial score (nSPS) is 18.8. The van der Waals surface area contributed by atoms with Gasteiger partial charge in [-0.05, 0) is 43.9 Å². The number of benzene rings is 1. The van der Waals surface area contributed by atoms with Crippen LogP contribution < -0.4 is 10.5 Å². The minimum atomic E-state index is 0.459. The summed E-state index contributed by atoms with van der Waals surface area (Å²) in [6.45, 7) is 3.49. The highest BCUT2D eigenvalue weighted by atomic mass is 16.5. The van der Waals surface area contributed by atoms with Crippen LogP contribution in [0.3, 0.4) is 0 Å². The van der Waals surface area contributed by atoms with Gasteiger partial charge >= 0.3 is 0 Å². The highest BCUT2D eigenvalue weighted by Gasteiger charge is 2.25. The van der Waals surface area contributed by atoms with E-state index < -0.39 is 0 Å². The standard InChI is InChI=1S/C17H27NO/c1-2-19-17-12-8-7-11-15(17)16(13-18)14-9-5-3-4-6-10-14/h7-8,11-12,14,16H,2-6,9-10,13,18H2,1H3. The summed E-state index contributed by atoms with van der Waals surface area (Å²) in [7, 11) is 0. The molecule has 1 aliphatic carbocycles. The van der Waals surface area contributed by atoms with Gasteiger partial charge in [0.1, 0.15) is 5.75 Å². The molecule has 106 valence electrons. The quantitative estimate of drug-likeness (QED) is 0.810. The highest BCUT2D eigenvalue weighted by molar-refractivity contribution is 5.37. The Morgan fingerprint density at radius 1 is 1.16 bits per heavy atom. The predicted octanol–water partition coefficient (Wildman–Crippen LogP) is 4.10. The van der Waals surface area contributed by atoms with Crippen LogP contribution >= 0.6 is 0 Å². The van der Waals surface area contributed by atoms with Gasteiger partial charge < -0.3 is 10.5 Å². The molecule has 1 aromatic carbocycles. The van der Waals surface area contributed by atoms with E-state index in [0.29, 0.717) is 5.92 Å². The lowest BCUT2D eigenvalue weighted by Crippen LogP contribution is -2.22. The first-order valence-corrected chi connectivity index (χ1v) is 7.78. The summed E-state index contributed by atoms with van der Waals surface area (Å²) in [5, 5.41) is 0. The van der Waals surface area contributed by atoms with Gasteiger partial charge in [0.2, 0.25) is 0 Å². The minimum absolute atomic E-state index is 0.459. The molecule has 2 N–H and O–H groups in total. The summed E-state index contributed by atoms with van der Waals surface area (Å²) in [4.78, 5) is 0. The lowest BCUT2D eigenvalue weighted by molar-refractivity contribution is 0.320. The molecular formula is C17H27NO. The third kappa shape index (κ3) is 3.73. The monoisotopic (exact) mass is 261 g/mol. The van der Waals surface area contributed by atoms with Crippen LogP contribution in [-0.4, -0.2) is 13.2 Å². The Bertz CT molecular complexity index is 369. The van der Waals surface area contributed by atoms with E-state index in [2.05, 4.69) is 24.3 Å². The summed E-state index contributed by atoms with van der Waals surface area (Å²) in [6.07, 6.45) is 8.14. The summed E-state index contributed by atoms with van der Waals surface area (Å²) in [5.41, 5.74) is 7.41. The number of ether oxygens (including phenoxy) is 1. The lowest BCUT2D eigenvalue weighted by atomic mass is 9.81. The molecule has 2 nitrogen and oxygen atoms in total. The summed E-state index contributed by atoms with van der Waals surface area (Å²) in [6, 6.07) is 8.44. The molecule has 0 bridgehead atoms. The van der Waals surface area contributed by atoms with Crippen molar-refractivity contribution in [2.24, 2.45) is 11.7 Å². The maximum atomic E-state index is 6.10. The molecule has 1 aromatic rings. The van der Waals surface area contributed by atoms with Crippen molar-refractivity contribution < 1.29 is 4.74 Å². The number of para-hydroxylation sites is 1. The molecule has 1 saturated carbocycles. The van der Waals surface area contributed by atoms with E-state index in [0.717, 1.165) is 24.8 Å². The largest absolute Gasteiger partial charge is 0.494 e. The zero-order valence-corrected chi connectivity index (χ0v) is 12.1. The SMILES string of the molecule is CCOc1ccccc1C(CN)C1CCCCCC1. The Balaban J connectivity index is 2.20. The molecule has 0 heterocycles. The van der Waals surface area contributed by atoms with Gasteiger partial charge in [-0.15, -0.1) is 0 Å². The molecular weight excluding hydrogens is 234 g/mol. The van der Waals surface area contributed by atoms with Gasteiger partial charge in [-0.3, -0.25) is 0 Å². The lowest BCUT2D eigenvalue weighted by Gasteiger charge is -2.27. The van der Waals surface area contributed by atoms with Crippen LogP contribution in [0.1, 0.15) is 56.9 Å². The Labute approximate surface area is 117 Å². The summed E-state index contributed by atoms with van der Waals surface area (Å²) in [5.74, 6) is 2.22. The van der Waals surface area contributed by atoms with Crippen molar-refractivity contribution in [3.05, 3.63) is 29.8 Å². The maximum absolute atomic E-state index is 6.10. The predicted molar refractivity (Wildman–Crippen MR) is 80.6 cm³/mol. The fraction of sp³-hybridized carbons (Fsp3) is 0.647. The zero-order valence-electron chi connectivity index (χ0n) is 12.1. The molecule has 2 rings (SSSR count). The number of nitrogens with two attached hydrogens (primary N) is 1. The van der Waals surface area contributed by atoms with Crippen LogP contribution in [0.25, 0.3) is 0 Å². The van der Waals surface area contributed by atoms with E-state index in [-0.39, 0.29) is 0 Å². The molecule has 0 aliphatic heterocycles. The van der Waals surface area contributed by atoms with Crippen molar-refractivity contribution in [1.82, 2.24) is 0 Å². The fourth-order valence-electron chi connectivity index (χ4n) is 3.36. The Hall–Kier alpha value is -1.02. The topological polar surface area (TPSA) is 35.2 Å². The van der Waals surface area contributed by atoms with Gasteiger partial charge in [0.25, 0.3) is 0 Å². The second-order valence-electron chi connectivity index (χ2n) is 5.56. The Kier molecular flexibility index (Phi) is 5.71. The molecule has 0 spiro atoms. The molecule has 1 aliphatic rings. The first kappa shape index (κ1) is 14.4. The molecule has 1 unspecified atom stereocenters. The van der Waals surface area contributed by atoms with Crippen molar-refractivity contribution in [2.45, 2.75) is 51.4 Å². The van der Waals surface area contributed by atoms with Crippen LogP contribution in [0.4, 0.5) is 0 Å². The van der Waals surface area contributed by atoms with E-state index >= 15 is 0 Å². The maximum Gasteiger partial charge on any atom is 0.122 e. The van der Waals surface area contributed by atoms with Crippen molar-refractivity contribution in [3.8, 4) is 5.75 Å². The second kappa shape index (κ2) is 7.54. The van der Waals surface area contributed by atoms with Crippen LogP contribution in [0.5, 0.6) is 5.75 Å². The molecule has 1 atom stereocenters. The molecule has 0 aromatic heterocycles. The third-order valence-electron chi connectivity index (χ3n) is 4.34. The van der Waals surface area contributed by atoms with E-state index in [9.17, 15) is 0 Å². The van der Waals surface area contributed by atoms with Gasteiger partial charge in [-0.2, -0.15) is 0 Å². The van der Waals surface area contributed by atoms with E-state index in [1.807, 2.05) is 6.92 Å². The average Bonchev–Trinajstić information content (AvgIpc) is 2.71. The van der Waals surface area contributed by atoms with Crippen LogP contribution in [0.2, 0.25) is 0 Å². The van der Waals surface area contributed by atoms with Crippen molar-refractivity contribution >= 4 is 0 Å². The highest BCUT2D eigenvalue weighted by Crippen LogP contribution is 2.38. The van der Waals surface area contributed by atoms with Gasteiger partial charge in [0, 0.05) is 5.92 Å². The van der Waals surface area contributed by atoms with Gasteiger partial charge in [-0.1, -0.05) is 43.9 Å². The van der Waals surface area contributed by atoms with E-state index in [1.165, 1.54) is 44.1 Å². The first-order chi connectivity index (χ1) is 9.36. The first-order valence-electron chi connectivity index (χ1n) is 7.78. The van der Waals surface area contributed by atoms with Crippen molar-refractivity contribution in [1.29, 1.82) is 0 Å². The fourth-order valence-corrected chi connectivity index (χ4v) is 3.36. The summed E-state index contributed by atoms with van der Waals surface area (Å²) < 4.78 is 5.79. The summed E-state index contributed by atoms with van der Waals surface area (Å²) >= 11 is 0. The minimum Gasteiger partial charge on any atom is -0.494 e. The van der Waals surface area contributed by atoms with Crippen LogP contribution in [0.15, 0.2) is 24.3 Å². The van der Waals surface area contributed by atoms with E-state index in [1.54, 1.807) is 0 Å². The Morgan fingerprint density at radius 2 is 1.84 bits per heavy atom. The smallest absolute Gasteiger partial charge is 0.122 e. The number of hydrogen-bond donors (Lipinski definition) is 1. The number of rotatable bonds is 5. The second-order valence-corrected chi connectivity index (χ2v) is 5.56. The van der Waals surface area contributed by atoms with Crippen molar-refractivity contribution in [2.75, 3.05) is 13.2 Å². The molecule has 0 amide bonds. The Morgan fingerprint density at radius 3 is 2.47 bits per heavy atom. The number of hydrogen-bond acceptors (Lipinski definition) is 2. The molecule has 2 heteroatoms. The van der Waals surface area contributed by atoms with Gasteiger partial charge in [0.15, 0.2) is 0 Å². The van der Waals surface area contributed by atoms with Gasteiger partial charge in [0.05, 0.1) is 6.61 Å². The average molecular weight is 261 g/mol. The third-order valence-corrected chi connectivity index (χ3v) is 4.34. The zero-order chi connectivity index (χ0) is 13.5. The molecule has 1 fully saturated rings. The van der Waals surface area contributed by atoms with Crippen molar-refractivity contribution in [3.63, 3.8) is 0 Å². The molecule has 0 saturated heterocycles. The van der Waals surface area contributed by atoms with Crippen LogP contribution in [0, 0.1) is 5.92 Å². The van der Waals surface area contributed by atoms with Crippen LogP contribution in [-0.2, 0) is 0 Å². The van der Waals surface area contributed by atoms with Gasteiger partial charge in [-0.25, -0.2) is 0 Å². The van der Waals surface area contributed by atoms with E-state index in [4.69, 9.17) is 10.5 Å². The molecule has 19 heavy (non-hydrogen) atoms.